The Morgan fingerprint density at radius 3 is 2.29 bits per heavy atom. The molecule has 0 unspecified atom stereocenters. The average Bonchev–Trinajstić information content (AvgIpc) is 2.15. The van der Waals surface area contributed by atoms with Crippen molar-refractivity contribution in [3.8, 4) is 0 Å². The highest BCUT2D eigenvalue weighted by atomic mass is 32.2. The molecule has 100 valence electrons. The van der Waals surface area contributed by atoms with Gasteiger partial charge in [0.25, 0.3) is 0 Å². The zero-order chi connectivity index (χ0) is 13.1. The molecule has 1 rings (SSSR count). The van der Waals surface area contributed by atoms with Crippen molar-refractivity contribution in [3.05, 3.63) is 0 Å². The summed E-state index contributed by atoms with van der Waals surface area (Å²) in [5.74, 6) is -1.28. The van der Waals surface area contributed by atoms with Crippen LogP contribution in [0.25, 0.3) is 0 Å². The van der Waals surface area contributed by atoms with Crippen LogP contribution in [0.15, 0.2) is 0 Å². The Morgan fingerprint density at radius 2 is 1.82 bits per heavy atom. The summed E-state index contributed by atoms with van der Waals surface area (Å²) in [4.78, 5) is 11.5. The Morgan fingerprint density at radius 1 is 1.29 bits per heavy atom. The molecule has 1 N–H and O–H groups in total. The number of piperazine rings is 1. The molecule has 0 aromatic carbocycles. The highest BCUT2D eigenvalue weighted by Crippen LogP contribution is 2.10. The lowest BCUT2D eigenvalue weighted by Gasteiger charge is -2.27. The number of nitrogens with zero attached hydrogens (tertiary/aromatic N) is 1. The lowest BCUT2D eigenvalue weighted by atomic mass is 10.2. The van der Waals surface area contributed by atoms with E-state index in [1.807, 2.05) is 0 Å². The van der Waals surface area contributed by atoms with Gasteiger partial charge in [0.1, 0.15) is 5.60 Å². The second-order valence-corrected chi connectivity index (χ2v) is 6.96. The standard InChI is InChI=1S/C10H20N2O4S/c1-10(2,3)16-9(13)8-17(14,15)12-6-4-11-5-7-12/h11H,4-8H2,1-3H3. The molecule has 1 aliphatic heterocycles. The lowest BCUT2D eigenvalue weighted by Crippen LogP contribution is -2.48. The monoisotopic (exact) mass is 264 g/mol. The van der Waals surface area contributed by atoms with Gasteiger partial charge < -0.3 is 10.1 Å². The molecule has 7 heteroatoms. The smallest absolute Gasteiger partial charge is 0.323 e. The van der Waals surface area contributed by atoms with Crippen LogP contribution in [0.1, 0.15) is 20.8 Å². The Labute approximate surface area is 102 Å². The van der Waals surface area contributed by atoms with Crippen LogP contribution in [0.2, 0.25) is 0 Å². The second-order valence-electron chi connectivity index (χ2n) is 4.99. The molecule has 0 bridgehead atoms. The van der Waals surface area contributed by atoms with Crippen molar-refractivity contribution in [2.24, 2.45) is 0 Å². The maximum absolute atomic E-state index is 11.9. The summed E-state index contributed by atoms with van der Waals surface area (Å²) in [6.07, 6.45) is 0. The number of hydrogen-bond acceptors (Lipinski definition) is 5. The van der Waals surface area contributed by atoms with Crippen LogP contribution in [-0.4, -0.2) is 56.2 Å². The molecular formula is C10H20N2O4S. The molecule has 1 heterocycles. The van der Waals surface area contributed by atoms with Crippen LogP contribution in [0, 0.1) is 0 Å². The summed E-state index contributed by atoms with van der Waals surface area (Å²) in [5.41, 5.74) is -0.657. The summed E-state index contributed by atoms with van der Waals surface area (Å²) in [6.45, 7) is 7.18. The first-order chi connectivity index (χ1) is 7.71. The quantitative estimate of drug-likeness (QED) is 0.700. The molecule has 1 saturated heterocycles. The number of sulfonamides is 1. The molecule has 6 nitrogen and oxygen atoms in total. The van der Waals surface area contributed by atoms with Gasteiger partial charge in [-0.1, -0.05) is 0 Å². The van der Waals surface area contributed by atoms with Crippen molar-refractivity contribution in [3.63, 3.8) is 0 Å². The second kappa shape index (κ2) is 5.32. The molecule has 0 amide bonds. The van der Waals surface area contributed by atoms with Gasteiger partial charge in [-0.2, -0.15) is 4.31 Å². The van der Waals surface area contributed by atoms with Gasteiger partial charge in [0, 0.05) is 26.2 Å². The van der Waals surface area contributed by atoms with Gasteiger partial charge in [-0.15, -0.1) is 0 Å². The fourth-order valence-electron chi connectivity index (χ4n) is 1.53. The summed E-state index contributed by atoms with van der Waals surface area (Å²) >= 11 is 0. The maximum atomic E-state index is 11.9. The van der Waals surface area contributed by atoms with E-state index < -0.39 is 27.3 Å². The third-order valence-electron chi connectivity index (χ3n) is 2.19. The molecule has 0 radical (unpaired) electrons. The van der Waals surface area contributed by atoms with Crippen molar-refractivity contribution < 1.29 is 17.9 Å². The van der Waals surface area contributed by atoms with Crippen molar-refractivity contribution in [1.82, 2.24) is 9.62 Å². The van der Waals surface area contributed by atoms with E-state index in [0.29, 0.717) is 26.2 Å². The van der Waals surface area contributed by atoms with E-state index in [1.54, 1.807) is 20.8 Å². The van der Waals surface area contributed by atoms with E-state index in [2.05, 4.69) is 5.32 Å². The number of rotatable bonds is 3. The Kier molecular flexibility index (Phi) is 4.51. The SMILES string of the molecule is CC(C)(C)OC(=O)CS(=O)(=O)N1CCNCC1. The van der Waals surface area contributed by atoms with Crippen molar-refractivity contribution in [2.75, 3.05) is 31.9 Å². The minimum absolute atomic E-state index is 0.408. The van der Waals surface area contributed by atoms with Crippen molar-refractivity contribution in [1.29, 1.82) is 0 Å². The Bertz CT molecular complexity index is 366. The molecule has 0 aromatic heterocycles. The Hall–Kier alpha value is -0.660. The van der Waals surface area contributed by atoms with Gasteiger partial charge in [-0.05, 0) is 20.8 Å². The molecular weight excluding hydrogens is 244 g/mol. The minimum Gasteiger partial charge on any atom is -0.459 e. The van der Waals surface area contributed by atoms with Crippen LogP contribution in [0.3, 0.4) is 0 Å². The molecule has 0 saturated carbocycles. The average molecular weight is 264 g/mol. The maximum Gasteiger partial charge on any atom is 0.323 e. The Balaban J connectivity index is 2.57. The van der Waals surface area contributed by atoms with Crippen LogP contribution in [-0.2, 0) is 19.6 Å². The first-order valence-corrected chi connectivity index (χ1v) is 7.22. The van der Waals surface area contributed by atoms with E-state index in [9.17, 15) is 13.2 Å². The topological polar surface area (TPSA) is 75.7 Å². The summed E-state index contributed by atoms with van der Waals surface area (Å²) in [5, 5.41) is 3.06. The molecule has 0 aliphatic carbocycles. The number of ether oxygens (including phenoxy) is 1. The summed E-state index contributed by atoms with van der Waals surface area (Å²) in [6, 6.07) is 0. The number of hydrogen-bond donors (Lipinski definition) is 1. The number of carbonyl (C=O) groups is 1. The largest absolute Gasteiger partial charge is 0.459 e. The van der Waals surface area contributed by atoms with E-state index >= 15 is 0 Å². The molecule has 1 aliphatic rings. The molecule has 0 spiro atoms. The molecule has 0 aromatic rings. The first kappa shape index (κ1) is 14.4. The van der Waals surface area contributed by atoms with Gasteiger partial charge in [0.2, 0.25) is 10.0 Å². The highest BCUT2D eigenvalue weighted by Gasteiger charge is 2.28. The third-order valence-corrected chi connectivity index (χ3v) is 3.94. The fraction of sp³-hybridized carbons (Fsp3) is 0.900. The van der Waals surface area contributed by atoms with Gasteiger partial charge >= 0.3 is 5.97 Å². The van der Waals surface area contributed by atoms with Gasteiger partial charge in [0.05, 0.1) is 0 Å². The van der Waals surface area contributed by atoms with E-state index in [0.717, 1.165) is 0 Å². The molecule has 17 heavy (non-hydrogen) atoms. The first-order valence-electron chi connectivity index (χ1n) is 5.61. The van der Waals surface area contributed by atoms with Gasteiger partial charge in [0.15, 0.2) is 5.75 Å². The predicted octanol–water partition coefficient (Wildman–Crippen LogP) is -0.437. The van der Waals surface area contributed by atoms with E-state index in [1.165, 1.54) is 4.31 Å². The normalized spacial score (nSPS) is 19.0. The van der Waals surface area contributed by atoms with Crippen LogP contribution < -0.4 is 5.32 Å². The zero-order valence-corrected chi connectivity index (χ0v) is 11.3. The number of esters is 1. The van der Waals surface area contributed by atoms with Crippen molar-refractivity contribution >= 4 is 16.0 Å². The summed E-state index contributed by atoms with van der Waals surface area (Å²) in [7, 11) is -3.54. The summed E-state index contributed by atoms with van der Waals surface area (Å²) < 4.78 is 30.1. The van der Waals surface area contributed by atoms with Gasteiger partial charge in [-0.25, -0.2) is 8.42 Å². The predicted molar refractivity (Wildman–Crippen MR) is 64.1 cm³/mol. The zero-order valence-electron chi connectivity index (χ0n) is 10.5. The van der Waals surface area contributed by atoms with Crippen LogP contribution in [0.5, 0.6) is 0 Å². The van der Waals surface area contributed by atoms with E-state index in [4.69, 9.17) is 4.74 Å². The number of carbonyl (C=O) groups excluding carboxylic acids is 1. The third kappa shape index (κ3) is 5.01. The van der Waals surface area contributed by atoms with Crippen LogP contribution >= 0.6 is 0 Å². The van der Waals surface area contributed by atoms with Gasteiger partial charge in [-0.3, -0.25) is 4.79 Å². The van der Waals surface area contributed by atoms with Crippen molar-refractivity contribution in [2.45, 2.75) is 26.4 Å². The molecule has 0 atom stereocenters. The highest BCUT2D eigenvalue weighted by molar-refractivity contribution is 7.89. The minimum atomic E-state index is -3.54. The van der Waals surface area contributed by atoms with E-state index in [-0.39, 0.29) is 0 Å². The molecule has 1 fully saturated rings. The number of nitrogens with one attached hydrogen (secondary N) is 1. The van der Waals surface area contributed by atoms with Crippen LogP contribution in [0.4, 0.5) is 0 Å². The lowest BCUT2D eigenvalue weighted by molar-refractivity contribution is -0.151. The fourth-order valence-corrected chi connectivity index (χ4v) is 2.81.